The monoisotopic (exact) mass is 290 g/mol. The van der Waals surface area contributed by atoms with E-state index in [0.29, 0.717) is 0 Å². The topological polar surface area (TPSA) is 15.6 Å². The van der Waals surface area contributed by atoms with Crippen molar-refractivity contribution >= 4 is 44.0 Å². The van der Waals surface area contributed by atoms with Crippen LogP contribution in [0.1, 0.15) is 12.5 Å². The van der Waals surface area contributed by atoms with Gasteiger partial charge in [-0.3, -0.25) is 4.99 Å². The van der Waals surface area contributed by atoms with Gasteiger partial charge in [0.2, 0.25) is 0 Å². The van der Waals surface area contributed by atoms with Gasteiger partial charge in [-0.1, -0.05) is 11.8 Å². The fraction of sp³-hybridized carbons (Fsp3) is 0.214. The van der Waals surface area contributed by atoms with Crippen LogP contribution in [0.25, 0.3) is 15.8 Å². The number of thioether (sulfide) groups is 1. The fourth-order valence-electron chi connectivity index (χ4n) is 2.65. The van der Waals surface area contributed by atoms with Crippen molar-refractivity contribution in [3.63, 3.8) is 0 Å². The third-order valence-corrected chi connectivity index (χ3v) is 5.45. The van der Waals surface area contributed by atoms with Gasteiger partial charge in [-0.2, -0.15) is 0 Å². The summed E-state index contributed by atoms with van der Waals surface area (Å²) >= 11 is 3.32. The van der Waals surface area contributed by atoms with E-state index in [4.69, 9.17) is 0 Å². The second-order valence-electron chi connectivity index (χ2n) is 4.58. The number of thiophene rings is 1. The van der Waals surface area contributed by atoms with Crippen LogP contribution in [0.4, 0.5) is 4.39 Å². The minimum absolute atomic E-state index is 0.140. The van der Waals surface area contributed by atoms with Gasteiger partial charge in [-0.15, -0.1) is 11.3 Å². The third-order valence-electron chi connectivity index (χ3n) is 3.47. The molecular weight excluding hydrogens is 279 g/mol. The summed E-state index contributed by atoms with van der Waals surface area (Å²) in [5.74, 6) is -0.140. The molecule has 3 heterocycles. The van der Waals surface area contributed by atoms with Crippen molar-refractivity contribution in [1.29, 1.82) is 0 Å². The minimum atomic E-state index is -0.140. The largest absolute Gasteiger partial charge is 0.318 e. The summed E-state index contributed by atoms with van der Waals surface area (Å²) in [6.45, 7) is 3.90. The zero-order chi connectivity index (χ0) is 13.0. The first-order chi connectivity index (χ1) is 9.25. The van der Waals surface area contributed by atoms with Crippen molar-refractivity contribution in [2.45, 2.75) is 6.92 Å². The van der Waals surface area contributed by atoms with E-state index in [1.807, 2.05) is 17.5 Å². The summed E-state index contributed by atoms with van der Waals surface area (Å²) in [4.78, 5) is 8.01. The van der Waals surface area contributed by atoms with Gasteiger partial charge in [0.25, 0.3) is 0 Å². The Morgan fingerprint density at radius 2 is 2.21 bits per heavy atom. The van der Waals surface area contributed by atoms with E-state index in [2.05, 4.69) is 16.8 Å². The van der Waals surface area contributed by atoms with Crippen LogP contribution >= 0.6 is 23.1 Å². The highest BCUT2D eigenvalue weighted by Gasteiger charge is 2.32. The Labute approximate surface area is 118 Å². The molecule has 0 aliphatic carbocycles. The molecule has 0 spiro atoms. The molecule has 4 rings (SSSR count). The molecule has 2 nitrogen and oxygen atoms in total. The molecule has 0 radical (unpaired) electrons. The van der Waals surface area contributed by atoms with E-state index < -0.39 is 0 Å². The molecule has 1 aromatic heterocycles. The van der Waals surface area contributed by atoms with E-state index in [1.54, 1.807) is 29.2 Å². The van der Waals surface area contributed by atoms with Crippen molar-refractivity contribution in [3.05, 3.63) is 39.9 Å². The number of aliphatic imine (C=N–C) groups is 1. The predicted octanol–water partition coefficient (Wildman–Crippen LogP) is 4.15. The zero-order valence-electron chi connectivity index (χ0n) is 10.3. The maximum atomic E-state index is 13.8. The van der Waals surface area contributed by atoms with Gasteiger partial charge in [0.15, 0.2) is 5.17 Å². The number of halogens is 1. The summed E-state index contributed by atoms with van der Waals surface area (Å²) in [6.07, 6.45) is 0. The molecule has 0 saturated carbocycles. The minimum Gasteiger partial charge on any atom is -0.318 e. The number of nitrogens with zero attached hydrogens (tertiary/aromatic N) is 2. The number of amidine groups is 1. The number of fused-ring (bicyclic) bond motifs is 2. The van der Waals surface area contributed by atoms with Gasteiger partial charge in [0.05, 0.1) is 12.2 Å². The van der Waals surface area contributed by atoms with Crippen LogP contribution in [0.15, 0.2) is 33.5 Å². The second kappa shape index (κ2) is 4.08. The van der Waals surface area contributed by atoms with Crippen molar-refractivity contribution in [2.75, 3.05) is 13.1 Å². The normalized spacial score (nSPS) is 18.4. The molecule has 2 aromatic rings. The van der Waals surface area contributed by atoms with E-state index in [0.717, 1.165) is 33.9 Å². The van der Waals surface area contributed by atoms with Crippen LogP contribution in [0, 0.1) is 5.82 Å². The maximum absolute atomic E-state index is 13.8. The first-order valence-electron chi connectivity index (χ1n) is 6.12. The van der Waals surface area contributed by atoms with E-state index in [-0.39, 0.29) is 5.82 Å². The number of benzene rings is 1. The Morgan fingerprint density at radius 3 is 3.11 bits per heavy atom. The van der Waals surface area contributed by atoms with E-state index in [9.17, 15) is 4.39 Å². The Bertz CT molecular complexity index is 745. The SMILES string of the molecule is CC1=C(c2ccc(F)c3ccsc23)N2CCN=C2S1. The molecular formula is C14H11FN2S2. The zero-order valence-corrected chi connectivity index (χ0v) is 11.9. The molecule has 0 unspecified atom stereocenters. The van der Waals surface area contributed by atoms with E-state index in [1.165, 1.54) is 10.6 Å². The number of rotatable bonds is 1. The van der Waals surface area contributed by atoms with Crippen molar-refractivity contribution in [2.24, 2.45) is 4.99 Å². The summed E-state index contributed by atoms with van der Waals surface area (Å²) in [5, 5.41) is 3.76. The quantitative estimate of drug-likeness (QED) is 0.784. The lowest BCUT2D eigenvalue weighted by Gasteiger charge is -2.17. The summed E-state index contributed by atoms with van der Waals surface area (Å²) in [6, 6.07) is 5.32. The van der Waals surface area contributed by atoms with Crippen molar-refractivity contribution < 1.29 is 4.39 Å². The summed E-state index contributed by atoms with van der Waals surface area (Å²) in [7, 11) is 0. The smallest absolute Gasteiger partial charge is 0.168 e. The summed E-state index contributed by atoms with van der Waals surface area (Å²) < 4.78 is 14.8. The highest BCUT2D eigenvalue weighted by Crippen LogP contribution is 2.44. The van der Waals surface area contributed by atoms with Crippen LogP contribution in [0.5, 0.6) is 0 Å². The Balaban J connectivity index is 1.96. The highest BCUT2D eigenvalue weighted by atomic mass is 32.2. The third kappa shape index (κ3) is 1.58. The molecule has 19 heavy (non-hydrogen) atoms. The van der Waals surface area contributed by atoms with Crippen LogP contribution in [-0.2, 0) is 0 Å². The Hall–Kier alpha value is -1.33. The lowest BCUT2D eigenvalue weighted by atomic mass is 10.1. The van der Waals surface area contributed by atoms with E-state index >= 15 is 0 Å². The number of allylic oxidation sites excluding steroid dienone is 1. The summed E-state index contributed by atoms with van der Waals surface area (Å²) in [5.41, 5.74) is 2.33. The van der Waals surface area contributed by atoms with Crippen LogP contribution in [0.2, 0.25) is 0 Å². The lowest BCUT2D eigenvalue weighted by molar-refractivity contribution is 0.637. The van der Waals surface area contributed by atoms with Gasteiger partial charge in [0.1, 0.15) is 5.82 Å². The average Bonchev–Trinajstić information content (AvgIpc) is 3.05. The Morgan fingerprint density at radius 1 is 1.32 bits per heavy atom. The Kier molecular flexibility index (Phi) is 2.47. The first kappa shape index (κ1) is 11.5. The van der Waals surface area contributed by atoms with Crippen LogP contribution in [0.3, 0.4) is 0 Å². The molecule has 0 amide bonds. The predicted molar refractivity (Wildman–Crippen MR) is 81.0 cm³/mol. The van der Waals surface area contributed by atoms with Crippen molar-refractivity contribution in [3.8, 4) is 0 Å². The molecule has 1 aromatic carbocycles. The molecule has 5 heteroatoms. The molecule has 0 atom stereocenters. The standard InChI is InChI=1S/C14H11FN2S2/c1-8-12(17-6-5-16-14(17)19-8)10-2-3-11(15)9-4-7-18-13(9)10/h2-4,7H,5-6H2,1H3. The second-order valence-corrected chi connectivity index (χ2v) is 6.68. The highest BCUT2D eigenvalue weighted by molar-refractivity contribution is 8.17. The number of hydrogen-bond acceptors (Lipinski definition) is 4. The molecule has 0 fully saturated rings. The molecule has 0 saturated heterocycles. The fourth-order valence-corrected chi connectivity index (χ4v) is 4.61. The van der Waals surface area contributed by atoms with Gasteiger partial charge in [-0.25, -0.2) is 4.39 Å². The van der Waals surface area contributed by atoms with Gasteiger partial charge < -0.3 is 4.90 Å². The van der Waals surface area contributed by atoms with Crippen LogP contribution < -0.4 is 0 Å². The number of hydrogen-bond donors (Lipinski definition) is 0. The molecule has 2 aliphatic heterocycles. The lowest BCUT2D eigenvalue weighted by Crippen LogP contribution is -2.20. The van der Waals surface area contributed by atoms with Gasteiger partial charge in [0, 0.05) is 27.1 Å². The van der Waals surface area contributed by atoms with Crippen molar-refractivity contribution in [1.82, 2.24) is 4.90 Å². The maximum Gasteiger partial charge on any atom is 0.168 e. The molecule has 0 N–H and O–H groups in total. The molecule has 2 aliphatic rings. The van der Waals surface area contributed by atoms with Gasteiger partial charge >= 0.3 is 0 Å². The molecule has 96 valence electrons. The first-order valence-corrected chi connectivity index (χ1v) is 7.82. The average molecular weight is 290 g/mol. The van der Waals surface area contributed by atoms with Crippen LogP contribution in [-0.4, -0.2) is 23.2 Å². The molecule has 0 bridgehead atoms. The van der Waals surface area contributed by atoms with Gasteiger partial charge in [-0.05, 0) is 30.5 Å².